The van der Waals surface area contributed by atoms with Gasteiger partial charge < -0.3 is 10.2 Å². The molecular formula is C11H15BrO3S. The predicted octanol–water partition coefficient (Wildman–Crippen LogP) is 1.22. The van der Waals surface area contributed by atoms with Gasteiger partial charge in [-0.2, -0.15) is 0 Å². The van der Waals surface area contributed by atoms with Gasteiger partial charge in [0, 0.05) is 10.2 Å². The lowest BCUT2D eigenvalue weighted by Gasteiger charge is -2.14. The minimum absolute atomic E-state index is 0.0514. The first-order chi connectivity index (χ1) is 7.54. The van der Waals surface area contributed by atoms with Crippen molar-refractivity contribution in [2.45, 2.75) is 24.0 Å². The van der Waals surface area contributed by atoms with Gasteiger partial charge in [0.15, 0.2) is 0 Å². The van der Waals surface area contributed by atoms with E-state index in [2.05, 4.69) is 15.9 Å². The van der Waals surface area contributed by atoms with E-state index in [1.807, 2.05) is 19.1 Å². The van der Waals surface area contributed by atoms with E-state index in [0.29, 0.717) is 4.90 Å². The standard InChI is InChI=1S/C11H15BrO3S/c1-8-2-4-9(5-3-8)16(15)7-11(14)10(13)6-12/h2-5,10-11,13-14H,6-7H2,1H3/t10-,11-,16?/m1/s1. The van der Waals surface area contributed by atoms with Crippen LogP contribution in [0.5, 0.6) is 0 Å². The Hall–Kier alpha value is -0.230. The molecule has 0 aliphatic rings. The SMILES string of the molecule is Cc1ccc(S(=O)C[C@@H](O)[C@H](O)CBr)cc1. The molecule has 0 bridgehead atoms. The zero-order valence-electron chi connectivity index (χ0n) is 8.97. The molecule has 3 atom stereocenters. The Morgan fingerprint density at radius 2 is 1.81 bits per heavy atom. The zero-order valence-corrected chi connectivity index (χ0v) is 11.4. The molecule has 1 aromatic rings. The molecule has 0 saturated heterocycles. The van der Waals surface area contributed by atoms with Gasteiger partial charge >= 0.3 is 0 Å². The zero-order chi connectivity index (χ0) is 12.1. The fourth-order valence-electron chi connectivity index (χ4n) is 1.16. The maximum absolute atomic E-state index is 11.8. The van der Waals surface area contributed by atoms with Crippen LogP contribution in [0.1, 0.15) is 5.56 Å². The number of aliphatic hydroxyl groups is 2. The number of halogens is 1. The molecule has 16 heavy (non-hydrogen) atoms. The molecule has 90 valence electrons. The largest absolute Gasteiger partial charge is 0.390 e. The smallest absolute Gasteiger partial charge is 0.0925 e. The summed E-state index contributed by atoms with van der Waals surface area (Å²) in [6, 6.07) is 7.30. The van der Waals surface area contributed by atoms with Crippen LogP contribution in [0.2, 0.25) is 0 Å². The van der Waals surface area contributed by atoms with Crippen LogP contribution in [-0.2, 0) is 10.8 Å². The summed E-state index contributed by atoms with van der Waals surface area (Å²) in [6.45, 7) is 1.95. The summed E-state index contributed by atoms with van der Waals surface area (Å²) >= 11 is 3.06. The lowest BCUT2D eigenvalue weighted by atomic mass is 10.2. The highest BCUT2D eigenvalue weighted by atomic mass is 79.9. The highest BCUT2D eigenvalue weighted by Gasteiger charge is 2.18. The Balaban J connectivity index is 2.62. The lowest BCUT2D eigenvalue weighted by Crippen LogP contribution is -2.32. The van der Waals surface area contributed by atoms with Gasteiger partial charge in [0.05, 0.1) is 28.8 Å². The van der Waals surface area contributed by atoms with Gasteiger partial charge in [0.1, 0.15) is 0 Å². The van der Waals surface area contributed by atoms with Gasteiger partial charge in [-0.1, -0.05) is 33.6 Å². The third kappa shape index (κ3) is 3.97. The van der Waals surface area contributed by atoms with E-state index in [9.17, 15) is 14.4 Å². The van der Waals surface area contributed by atoms with Crippen molar-refractivity contribution in [1.29, 1.82) is 0 Å². The van der Waals surface area contributed by atoms with E-state index in [1.54, 1.807) is 12.1 Å². The summed E-state index contributed by atoms with van der Waals surface area (Å²) in [4.78, 5) is 0.673. The van der Waals surface area contributed by atoms with Gasteiger partial charge in [-0.05, 0) is 19.1 Å². The van der Waals surface area contributed by atoms with Crippen LogP contribution in [-0.4, -0.2) is 37.7 Å². The first-order valence-corrected chi connectivity index (χ1v) is 7.35. The molecular weight excluding hydrogens is 292 g/mol. The van der Waals surface area contributed by atoms with Crippen LogP contribution in [0.3, 0.4) is 0 Å². The van der Waals surface area contributed by atoms with Crippen LogP contribution >= 0.6 is 15.9 Å². The monoisotopic (exact) mass is 306 g/mol. The first kappa shape index (κ1) is 13.8. The quantitative estimate of drug-likeness (QED) is 0.804. The number of aliphatic hydroxyl groups excluding tert-OH is 2. The van der Waals surface area contributed by atoms with Crippen molar-refractivity contribution in [2.75, 3.05) is 11.1 Å². The number of alkyl halides is 1. The predicted molar refractivity (Wildman–Crippen MR) is 68.3 cm³/mol. The molecule has 5 heteroatoms. The van der Waals surface area contributed by atoms with E-state index in [1.165, 1.54) is 0 Å². The number of rotatable bonds is 5. The molecule has 0 fully saturated rings. The maximum Gasteiger partial charge on any atom is 0.0925 e. The van der Waals surface area contributed by atoms with Crippen LogP contribution in [0.15, 0.2) is 29.2 Å². The van der Waals surface area contributed by atoms with E-state index in [-0.39, 0.29) is 11.1 Å². The van der Waals surface area contributed by atoms with Crippen LogP contribution < -0.4 is 0 Å². The summed E-state index contributed by atoms with van der Waals surface area (Å²) < 4.78 is 11.8. The summed E-state index contributed by atoms with van der Waals surface area (Å²) in [5.41, 5.74) is 1.10. The van der Waals surface area contributed by atoms with Crippen LogP contribution in [0.25, 0.3) is 0 Å². The molecule has 1 unspecified atom stereocenters. The van der Waals surface area contributed by atoms with Crippen molar-refractivity contribution in [3.63, 3.8) is 0 Å². The molecule has 0 saturated carbocycles. The summed E-state index contributed by atoms with van der Waals surface area (Å²) in [6.07, 6.45) is -1.85. The second kappa shape index (κ2) is 6.49. The Morgan fingerprint density at radius 3 is 2.31 bits per heavy atom. The fraction of sp³-hybridized carbons (Fsp3) is 0.455. The molecule has 0 aromatic heterocycles. The Labute approximate surface area is 106 Å². The molecule has 0 radical (unpaired) electrons. The highest BCUT2D eigenvalue weighted by molar-refractivity contribution is 9.09. The molecule has 0 spiro atoms. The molecule has 1 rings (SSSR count). The Morgan fingerprint density at radius 1 is 1.25 bits per heavy atom. The van der Waals surface area contributed by atoms with Gasteiger partial charge in [0.2, 0.25) is 0 Å². The highest BCUT2D eigenvalue weighted by Crippen LogP contribution is 2.10. The van der Waals surface area contributed by atoms with E-state index >= 15 is 0 Å². The second-order valence-corrected chi connectivity index (χ2v) is 5.76. The van der Waals surface area contributed by atoms with Crippen molar-refractivity contribution in [2.24, 2.45) is 0 Å². The minimum Gasteiger partial charge on any atom is -0.390 e. The van der Waals surface area contributed by atoms with Crippen molar-refractivity contribution in [3.8, 4) is 0 Å². The van der Waals surface area contributed by atoms with Crippen molar-refractivity contribution in [3.05, 3.63) is 29.8 Å². The number of hydrogen-bond donors (Lipinski definition) is 2. The maximum atomic E-state index is 11.8. The van der Waals surface area contributed by atoms with Gasteiger partial charge in [0.25, 0.3) is 0 Å². The third-order valence-electron chi connectivity index (χ3n) is 2.21. The molecule has 0 amide bonds. The van der Waals surface area contributed by atoms with E-state index < -0.39 is 23.0 Å². The summed E-state index contributed by atoms with van der Waals surface area (Å²) in [7, 11) is -1.27. The Kier molecular flexibility index (Phi) is 5.61. The van der Waals surface area contributed by atoms with Crippen molar-refractivity contribution < 1.29 is 14.4 Å². The van der Waals surface area contributed by atoms with E-state index in [4.69, 9.17) is 0 Å². The van der Waals surface area contributed by atoms with Crippen molar-refractivity contribution in [1.82, 2.24) is 0 Å². The average Bonchev–Trinajstić information content (AvgIpc) is 2.28. The number of benzene rings is 1. The lowest BCUT2D eigenvalue weighted by molar-refractivity contribution is 0.0502. The van der Waals surface area contributed by atoms with Gasteiger partial charge in [-0.15, -0.1) is 0 Å². The first-order valence-electron chi connectivity index (χ1n) is 4.91. The second-order valence-electron chi connectivity index (χ2n) is 3.61. The van der Waals surface area contributed by atoms with Crippen LogP contribution in [0, 0.1) is 6.92 Å². The Bertz CT molecular complexity index is 353. The molecule has 3 nitrogen and oxygen atoms in total. The minimum atomic E-state index is -1.27. The fourth-order valence-corrected chi connectivity index (χ4v) is 2.75. The summed E-state index contributed by atoms with van der Waals surface area (Å²) in [5, 5.41) is 19.1. The molecule has 1 aromatic carbocycles. The normalized spacial score (nSPS) is 16.8. The summed E-state index contributed by atoms with van der Waals surface area (Å²) in [5.74, 6) is 0.0514. The number of aryl methyl sites for hydroxylation is 1. The van der Waals surface area contributed by atoms with Gasteiger partial charge in [-0.25, -0.2) is 0 Å². The molecule has 0 heterocycles. The third-order valence-corrected chi connectivity index (χ3v) is 4.31. The van der Waals surface area contributed by atoms with Crippen molar-refractivity contribution >= 4 is 26.7 Å². The number of hydrogen-bond acceptors (Lipinski definition) is 3. The van der Waals surface area contributed by atoms with Gasteiger partial charge in [-0.3, -0.25) is 4.21 Å². The van der Waals surface area contributed by atoms with E-state index in [0.717, 1.165) is 5.56 Å². The molecule has 0 aliphatic heterocycles. The van der Waals surface area contributed by atoms with Crippen LogP contribution in [0.4, 0.5) is 0 Å². The molecule has 2 N–H and O–H groups in total. The average molecular weight is 307 g/mol. The topological polar surface area (TPSA) is 57.5 Å². The molecule has 0 aliphatic carbocycles.